The molecule has 1 aromatic rings. The van der Waals surface area contributed by atoms with Crippen LogP contribution in [0.2, 0.25) is 0 Å². The van der Waals surface area contributed by atoms with Crippen LogP contribution in [0.3, 0.4) is 0 Å². The smallest absolute Gasteiger partial charge is 0.302 e. The lowest BCUT2D eigenvalue weighted by atomic mass is 10.0. The zero-order valence-corrected chi connectivity index (χ0v) is 10.3. The second-order valence-electron chi connectivity index (χ2n) is 3.79. The number of rotatable bonds is 5. The number of esters is 1. The molecule has 96 valence electrons. The van der Waals surface area contributed by atoms with Gasteiger partial charge in [0.05, 0.1) is 0 Å². The Morgan fingerprint density at radius 2 is 1.78 bits per heavy atom. The maximum atomic E-state index is 12.1. The summed E-state index contributed by atoms with van der Waals surface area (Å²) in [6.07, 6.45) is 0. The Kier molecular flexibility index (Phi) is 5.05. The third kappa shape index (κ3) is 4.37. The molecule has 0 radical (unpaired) electrons. The van der Waals surface area contributed by atoms with Crippen molar-refractivity contribution >= 4 is 17.7 Å². The van der Waals surface area contributed by atoms with Crippen LogP contribution >= 0.6 is 0 Å². The fraction of sp³-hybridized carbons (Fsp3) is 0.308. The van der Waals surface area contributed by atoms with Crippen molar-refractivity contribution in [3.8, 4) is 0 Å². The molecule has 0 aliphatic rings. The number of benzene rings is 1. The highest BCUT2D eigenvalue weighted by Crippen LogP contribution is 2.04. The summed E-state index contributed by atoms with van der Waals surface area (Å²) in [7, 11) is 0. The molecule has 0 fully saturated rings. The van der Waals surface area contributed by atoms with Gasteiger partial charge in [-0.1, -0.05) is 30.3 Å². The molecule has 1 rings (SSSR count). The van der Waals surface area contributed by atoms with Crippen molar-refractivity contribution < 1.29 is 19.1 Å². The van der Waals surface area contributed by atoms with Gasteiger partial charge in [-0.2, -0.15) is 0 Å². The van der Waals surface area contributed by atoms with E-state index in [4.69, 9.17) is 4.74 Å². The number of ether oxygens (including phenoxy) is 1. The number of nitrogens with one attached hydrogen (secondary N) is 1. The lowest BCUT2D eigenvalue weighted by molar-refractivity contribution is -0.141. The van der Waals surface area contributed by atoms with Crippen molar-refractivity contribution in [2.24, 2.45) is 0 Å². The Balaban J connectivity index is 2.78. The number of carbonyl (C=O) groups excluding carboxylic acids is 3. The highest BCUT2D eigenvalue weighted by atomic mass is 16.5. The first-order valence-corrected chi connectivity index (χ1v) is 5.50. The molecule has 0 aromatic heterocycles. The standard InChI is InChI=1S/C13H15NO4/c1-9(15)14-12(8-18-10(2)16)13(17)11-6-4-3-5-7-11/h3-7,12H,8H2,1-2H3,(H,14,15). The summed E-state index contributed by atoms with van der Waals surface area (Å²) in [4.78, 5) is 33.9. The molecule has 1 unspecified atom stereocenters. The molecule has 0 aliphatic heterocycles. The number of hydrogen-bond donors (Lipinski definition) is 1. The molecule has 18 heavy (non-hydrogen) atoms. The van der Waals surface area contributed by atoms with E-state index >= 15 is 0 Å². The summed E-state index contributed by atoms with van der Waals surface area (Å²) >= 11 is 0. The van der Waals surface area contributed by atoms with E-state index in [9.17, 15) is 14.4 Å². The second kappa shape index (κ2) is 6.54. The lowest BCUT2D eigenvalue weighted by Gasteiger charge is -2.16. The number of carbonyl (C=O) groups is 3. The van der Waals surface area contributed by atoms with E-state index in [1.165, 1.54) is 13.8 Å². The molecule has 5 heteroatoms. The fourth-order valence-electron chi connectivity index (χ4n) is 1.43. The molecule has 1 amide bonds. The van der Waals surface area contributed by atoms with Crippen LogP contribution in [0, 0.1) is 0 Å². The van der Waals surface area contributed by atoms with Crippen LogP contribution in [0.4, 0.5) is 0 Å². The Labute approximate surface area is 105 Å². The summed E-state index contributed by atoms with van der Waals surface area (Å²) in [5.41, 5.74) is 0.461. The number of Topliss-reactive ketones (excluding diaryl/α,β-unsaturated/α-hetero) is 1. The van der Waals surface area contributed by atoms with E-state index in [2.05, 4.69) is 5.32 Å². The van der Waals surface area contributed by atoms with E-state index < -0.39 is 12.0 Å². The van der Waals surface area contributed by atoms with Crippen molar-refractivity contribution in [1.82, 2.24) is 5.32 Å². The van der Waals surface area contributed by atoms with Crippen molar-refractivity contribution in [3.63, 3.8) is 0 Å². The zero-order chi connectivity index (χ0) is 13.5. The van der Waals surface area contributed by atoms with Gasteiger partial charge in [0.1, 0.15) is 12.6 Å². The predicted molar refractivity (Wildman–Crippen MR) is 65.0 cm³/mol. The summed E-state index contributed by atoms with van der Waals surface area (Å²) in [5, 5.41) is 2.47. The minimum atomic E-state index is -0.853. The largest absolute Gasteiger partial charge is 0.463 e. The van der Waals surface area contributed by atoms with Gasteiger partial charge in [-0.15, -0.1) is 0 Å². The number of amides is 1. The van der Waals surface area contributed by atoms with Gasteiger partial charge in [-0.25, -0.2) is 0 Å². The van der Waals surface area contributed by atoms with Gasteiger partial charge >= 0.3 is 5.97 Å². The molecule has 1 N–H and O–H groups in total. The second-order valence-corrected chi connectivity index (χ2v) is 3.79. The minimum Gasteiger partial charge on any atom is -0.463 e. The van der Waals surface area contributed by atoms with Crippen LogP contribution in [0.1, 0.15) is 24.2 Å². The summed E-state index contributed by atoms with van der Waals surface area (Å²) in [6, 6.07) is 7.67. The maximum absolute atomic E-state index is 12.1. The van der Waals surface area contributed by atoms with Crippen LogP contribution in [-0.2, 0) is 14.3 Å². The third-order valence-corrected chi connectivity index (χ3v) is 2.21. The molecule has 1 aromatic carbocycles. The van der Waals surface area contributed by atoms with Crippen molar-refractivity contribution in [2.45, 2.75) is 19.9 Å². The monoisotopic (exact) mass is 249 g/mol. The molecule has 0 saturated carbocycles. The van der Waals surface area contributed by atoms with Crippen LogP contribution in [0.25, 0.3) is 0 Å². The Morgan fingerprint density at radius 3 is 2.28 bits per heavy atom. The van der Waals surface area contributed by atoms with Crippen molar-refractivity contribution in [2.75, 3.05) is 6.61 Å². The van der Waals surface area contributed by atoms with Crippen LogP contribution in [0.5, 0.6) is 0 Å². The fourth-order valence-corrected chi connectivity index (χ4v) is 1.43. The average molecular weight is 249 g/mol. The quantitative estimate of drug-likeness (QED) is 0.622. The Hall–Kier alpha value is -2.17. The van der Waals surface area contributed by atoms with E-state index in [1.807, 2.05) is 0 Å². The maximum Gasteiger partial charge on any atom is 0.302 e. The molecule has 5 nitrogen and oxygen atoms in total. The minimum absolute atomic E-state index is 0.164. The Bertz CT molecular complexity index is 442. The summed E-state index contributed by atoms with van der Waals surface area (Å²) < 4.78 is 4.77. The van der Waals surface area contributed by atoms with E-state index in [1.54, 1.807) is 30.3 Å². The summed E-state index contributed by atoms with van der Waals surface area (Å²) in [5.74, 6) is -1.13. The molecule has 0 saturated heterocycles. The molecule has 0 spiro atoms. The van der Waals surface area contributed by atoms with E-state index in [0.29, 0.717) is 5.56 Å². The first-order chi connectivity index (χ1) is 8.50. The normalized spacial score (nSPS) is 11.4. The van der Waals surface area contributed by atoms with Gasteiger partial charge in [0.25, 0.3) is 0 Å². The Morgan fingerprint density at radius 1 is 1.17 bits per heavy atom. The van der Waals surface area contributed by atoms with Gasteiger partial charge in [0.2, 0.25) is 5.91 Å². The van der Waals surface area contributed by atoms with E-state index in [-0.39, 0.29) is 18.3 Å². The van der Waals surface area contributed by atoms with Crippen LogP contribution in [-0.4, -0.2) is 30.3 Å². The zero-order valence-electron chi connectivity index (χ0n) is 10.3. The molecular formula is C13H15NO4. The van der Waals surface area contributed by atoms with Crippen LogP contribution < -0.4 is 5.32 Å². The van der Waals surface area contributed by atoms with Gasteiger partial charge in [-0.3, -0.25) is 14.4 Å². The van der Waals surface area contributed by atoms with Crippen molar-refractivity contribution in [3.05, 3.63) is 35.9 Å². The van der Waals surface area contributed by atoms with Crippen molar-refractivity contribution in [1.29, 1.82) is 0 Å². The van der Waals surface area contributed by atoms with E-state index in [0.717, 1.165) is 0 Å². The molecular weight excluding hydrogens is 234 g/mol. The van der Waals surface area contributed by atoms with Crippen LogP contribution in [0.15, 0.2) is 30.3 Å². The molecule has 0 bridgehead atoms. The predicted octanol–water partition coefficient (Wildman–Crippen LogP) is 0.937. The third-order valence-electron chi connectivity index (χ3n) is 2.21. The molecule has 0 heterocycles. The first-order valence-electron chi connectivity index (χ1n) is 5.50. The molecule has 0 aliphatic carbocycles. The molecule has 1 atom stereocenters. The summed E-state index contributed by atoms with van der Waals surface area (Å²) in [6.45, 7) is 2.39. The van der Waals surface area contributed by atoms with Gasteiger partial charge in [0.15, 0.2) is 5.78 Å². The van der Waals surface area contributed by atoms with Gasteiger partial charge < -0.3 is 10.1 Å². The van der Waals surface area contributed by atoms with Gasteiger partial charge in [-0.05, 0) is 0 Å². The number of ketones is 1. The van der Waals surface area contributed by atoms with Gasteiger partial charge in [0, 0.05) is 19.4 Å². The lowest BCUT2D eigenvalue weighted by Crippen LogP contribution is -2.43. The highest BCUT2D eigenvalue weighted by molar-refractivity contribution is 6.01. The first kappa shape index (κ1) is 13.9. The average Bonchev–Trinajstić information content (AvgIpc) is 2.34. The highest BCUT2D eigenvalue weighted by Gasteiger charge is 2.21. The topological polar surface area (TPSA) is 72.5 Å². The SMILES string of the molecule is CC(=O)NC(COC(C)=O)C(=O)c1ccccc1. The number of hydrogen-bond acceptors (Lipinski definition) is 4.